The Bertz CT molecular complexity index is 732. The minimum Gasteiger partial charge on any atom is -0.447 e. The number of carbonyl (C=O) groups excluding carboxylic acids is 1. The quantitative estimate of drug-likeness (QED) is 0.935. The van der Waals surface area contributed by atoms with Gasteiger partial charge in [-0.3, -0.25) is 4.90 Å². The molecule has 5 heteroatoms. The molecule has 2 aromatic carbocycles. The van der Waals surface area contributed by atoms with E-state index in [0.29, 0.717) is 18.7 Å². The normalized spacial score (nSPS) is 15.0. The van der Waals surface area contributed by atoms with Crippen molar-refractivity contribution in [2.45, 2.75) is 13.0 Å². The molecule has 1 atom stereocenters. The van der Waals surface area contributed by atoms with Crippen LogP contribution in [0.2, 0.25) is 0 Å². The van der Waals surface area contributed by atoms with Gasteiger partial charge in [-0.2, -0.15) is 5.26 Å². The van der Waals surface area contributed by atoms with Gasteiger partial charge in [0.05, 0.1) is 18.2 Å². The third-order valence-corrected chi connectivity index (χ3v) is 3.86. The first-order valence-corrected chi connectivity index (χ1v) is 7.48. The second kappa shape index (κ2) is 6.41. The molecule has 23 heavy (non-hydrogen) atoms. The van der Waals surface area contributed by atoms with Gasteiger partial charge in [0, 0.05) is 17.4 Å². The van der Waals surface area contributed by atoms with Crippen molar-refractivity contribution in [2.75, 3.05) is 23.4 Å². The van der Waals surface area contributed by atoms with Crippen molar-refractivity contribution in [3.05, 3.63) is 59.7 Å². The predicted octanol–water partition coefficient (Wildman–Crippen LogP) is 3.69. The highest BCUT2D eigenvalue weighted by atomic mass is 16.6. The lowest BCUT2D eigenvalue weighted by molar-refractivity contribution is 0.181. The average molecular weight is 307 g/mol. The van der Waals surface area contributed by atoms with Crippen molar-refractivity contribution in [1.82, 2.24) is 0 Å². The van der Waals surface area contributed by atoms with Crippen molar-refractivity contribution >= 4 is 17.5 Å². The molecule has 1 N–H and O–H groups in total. The predicted molar refractivity (Wildman–Crippen MR) is 88.3 cm³/mol. The topological polar surface area (TPSA) is 65.4 Å². The summed E-state index contributed by atoms with van der Waals surface area (Å²) in [5.41, 5.74) is 3.57. The van der Waals surface area contributed by atoms with Crippen LogP contribution in [-0.4, -0.2) is 19.2 Å². The maximum atomic E-state index is 11.5. The molecule has 1 saturated heterocycles. The van der Waals surface area contributed by atoms with Gasteiger partial charge >= 0.3 is 6.09 Å². The fourth-order valence-corrected chi connectivity index (χ4v) is 2.55. The molecule has 116 valence electrons. The summed E-state index contributed by atoms with van der Waals surface area (Å²) in [6.45, 7) is 3.09. The van der Waals surface area contributed by atoms with Crippen LogP contribution in [-0.2, 0) is 4.74 Å². The summed E-state index contributed by atoms with van der Waals surface area (Å²) in [6, 6.07) is 17.5. The van der Waals surface area contributed by atoms with Crippen molar-refractivity contribution < 1.29 is 9.53 Å². The van der Waals surface area contributed by atoms with Crippen molar-refractivity contribution in [3.63, 3.8) is 0 Å². The minimum absolute atomic E-state index is 0.116. The van der Waals surface area contributed by atoms with Gasteiger partial charge in [0.15, 0.2) is 0 Å². The highest BCUT2D eigenvalue weighted by molar-refractivity contribution is 5.89. The van der Waals surface area contributed by atoms with Crippen molar-refractivity contribution in [3.8, 4) is 6.07 Å². The Balaban J connectivity index is 1.67. The largest absolute Gasteiger partial charge is 0.447 e. The summed E-state index contributed by atoms with van der Waals surface area (Å²) in [5.74, 6) is 0. The summed E-state index contributed by atoms with van der Waals surface area (Å²) >= 11 is 0. The van der Waals surface area contributed by atoms with E-state index in [2.05, 4.69) is 18.3 Å². The number of nitrogens with one attached hydrogen (secondary N) is 1. The number of nitriles is 1. The molecule has 1 amide bonds. The van der Waals surface area contributed by atoms with E-state index < -0.39 is 0 Å². The van der Waals surface area contributed by atoms with Gasteiger partial charge in [0.25, 0.3) is 0 Å². The third kappa shape index (κ3) is 3.27. The lowest BCUT2D eigenvalue weighted by Crippen LogP contribution is -2.23. The molecule has 0 radical (unpaired) electrons. The molecule has 2 aromatic rings. The minimum atomic E-state index is -0.295. The van der Waals surface area contributed by atoms with Gasteiger partial charge in [-0.1, -0.05) is 12.1 Å². The van der Waals surface area contributed by atoms with Crippen molar-refractivity contribution in [2.24, 2.45) is 0 Å². The Morgan fingerprint density at radius 3 is 2.43 bits per heavy atom. The summed E-state index contributed by atoms with van der Waals surface area (Å²) in [4.78, 5) is 13.2. The van der Waals surface area contributed by atoms with Crippen LogP contribution in [0.1, 0.15) is 24.1 Å². The zero-order valence-electron chi connectivity index (χ0n) is 12.8. The van der Waals surface area contributed by atoms with Crippen LogP contribution in [0.3, 0.4) is 0 Å². The number of benzene rings is 2. The van der Waals surface area contributed by atoms with Gasteiger partial charge in [-0.25, -0.2) is 4.79 Å². The van der Waals surface area contributed by atoms with Crippen molar-refractivity contribution in [1.29, 1.82) is 5.26 Å². The number of hydrogen-bond acceptors (Lipinski definition) is 4. The van der Waals surface area contributed by atoms with Gasteiger partial charge < -0.3 is 10.1 Å². The summed E-state index contributed by atoms with van der Waals surface area (Å²) < 4.78 is 4.94. The third-order valence-electron chi connectivity index (χ3n) is 3.86. The first-order valence-electron chi connectivity index (χ1n) is 7.48. The maximum Gasteiger partial charge on any atom is 0.414 e. The zero-order valence-corrected chi connectivity index (χ0v) is 12.8. The number of anilines is 2. The Kier molecular flexibility index (Phi) is 4.15. The Hall–Kier alpha value is -3.00. The van der Waals surface area contributed by atoms with Gasteiger partial charge in [0.2, 0.25) is 0 Å². The molecule has 1 heterocycles. The molecule has 1 fully saturated rings. The van der Waals surface area contributed by atoms with Crippen LogP contribution in [0.4, 0.5) is 16.2 Å². The molecular weight excluding hydrogens is 290 g/mol. The van der Waals surface area contributed by atoms with Crippen LogP contribution >= 0.6 is 0 Å². The van der Waals surface area contributed by atoms with E-state index in [4.69, 9.17) is 10.00 Å². The smallest absolute Gasteiger partial charge is 0.414 e. The summed E-state index contributed by atoms with van der Waals surface area (Å²) in [6.07, 6.45) is -0.295. The summed E-state index contributed by atoms with van der Waals surface area (Å²) in [7, 11) is 0. The first-order chi connectivity index (χ1) is 11.2. The number of nitrogens with zero attached hydrogens (tertiary/aromatic N) is 2. The van der Waals surface area contributed by atoms with Gasteiger partial charge in [-0.15, -0.1) is 0 Å². The van der Waals surface area contributed by atoms with E-state index in [1.165, 1.54) is 0 Å². The van der Waals surface area contributed by atoms with Crippen LogP contribution < -0.4 is 10.2 Å². The number of hydrogen-bond donors (Lipinski definition) is 1. The lowest BCUT2D eigenvalue weighted by Gasteiger charge is -2.17. The number of rotatable bonds is 4. The van der Waals surface area contributed by atoms with Gasteiger partial charge in [-0.05, 0) is 48.9 Å². The van der Waals surface area contributed by atoms with Crippen LogP contribution in [0.5, 0.6) is 0 Å². The standard InChI is InChI=1S/C18H17N3O2/c1-13(15-4-2-14(12-19)3-5-15)20-16-6-8-17(9-7-16)21-10-11-23-18(21)22/h2-9,13,20H,10-11H2,1H3/t13-/m0/s1. The molecule has 0 aliphatic carbocycles. The van der Waals surface area contributed by atoms with Gasteiger partial charge in [0.1, 0.15) is 6.61 Å². The lowest BCUT2D eigenvalue weighted by atomic mass is 10.1. The molecule has 0 unspecified atom stereocenters. The summed E-state index contributed by atoms with van der Waals surface area (Å²) in [5, 5.41) is 12.2. The average Bonchev–Trinajstić information content (AvgIpc) is 3.01. The highest BCUT2D eigenvalue weighted by Gasteiger charge is 2.23. The van der Waals surface area contributed by atoms with E-state index in [9.17, 15) is 4.79 Å². The van der Waals surface area contributed by atoms with E-state index >= 15 is 0 Å². The number of ether oxygens (including phenoxy) is 1. The molecule has 5 nitrogen and oxygen atoms in total. The second-order valence-electron chi connectivity index (χ2n) is 5.41. The molecular formula is C18H17N3O2. The molecule has 1 aliphatic heterocycles. The maximum absolute atomic E-state index is 11.5. The van der Waals surface area contributed by atoms with Crippen LogP contribution in [0.25, 0.3) is 0 Å². The van der Waals surface area contributed by atoms with Crippen LogP contribution in [0, 0.1) is 11.3 Å². The number of carbonyl (C=O) groups is 1. The molecule has 1 aliphatic rings. The van der Waals surface area contributed by atoms with Crippen LogP contribution in [0.15, 0.2) is 48.5 Å². The monoisotopic (exact) mass is 307 g/mol. The zero-order chi connectivity index (χ0) is 16.2. The Morgan fingerprint density at radius 2 is 1.87 bits per heavy atom. The number of amides is 1. The Labute approximate surface area is 135 Å². The fourth-order valence-electron chi connectivity index (χ4n) is 2.55. The number of cyclic esters (lactones) is 1. The molecule has 0 bridgehead atoms. The molecule has 0 spiro atoms. The van der Waals surface area contributed by atoms with E-state index in [1.54, 1.807) is 4.90 Å². The van der Waals surface area contributed by atoms with E-state index in [0.717, 1.165) is 16.9 Å². The van der Waals surface area contributed by atoms with E-state index in [1.807, 2.05) is 48.5 Å². The molecule has 0 saturated carbocycles. The fraction of sp³-hybridized carbons (Fsp3) is 0.222. The SMILES string of the molecule is C[C@H](Nc1ccc(N2CCOC2=O)cc1)c1ccc(C#N)cc1. The highest BCUT2D eigenvalue weighted by Crippen LogP contribution is 2.24. The second-order valence-corrected chi connectivity index (χ2v) is 5.41. The molecule has 3 rings (SSSR count). The Morgan fingerprint density at radius 1 is 1.17 bits per heavy atom. The molecule has 0 aromatic heterocycles. The first kappa shape index (κ1) is 14.9. The van der Waals surface area contributed by atoms with E-state index in [-0.39, 0.29) is 12.1 Å².